The molecule has 0 unspecified atom stereocenters. The first-order valence-electron chi connectivity index (χ1n) is 6.30. The van der Waals surface area contributed by atoms with E-state index in [0.29, 0.717) is 18.2 Å². The second-order valence-electron chi connectivity index (χ2n) is 4.07. The highest BCUT2D eigenvalue weighted by Crippen LogP contribution is 2.30. The maximum absolute atomic E-state index is 11.8. The van der Waals surface area contributed by atoms with Crippen LogP contribution in [0.25, 0.3) is 11.3 Å². The van der Waals surface area contributed by atoms with Gasteiger partial charge in [-0.05, 0) is 38.1 Å². The fraction of sp³-hybridized carbons (Fsp3) is 0.267. The van der Waals surface area contributed by atoms with Crippen molar-refractivity contribution in [3.05, 3.63) is 51.8 Å². The lowest BCUT2D eigenvalue weighted by Crippen LogP contribution is -2.19. The van der Waals surface area contributed by atoms with Gasteiger partial charge in [0.1, 0.15) is 5.75 Å². The predicted octanol–water partition coefficient (Wildman–Crippen LogP) is 3.59. The van der Waals surface area contributed by atoms with E-state index in [0.717, 1.165) is 17.0 Å². The van der Waals surface area contributed by atoms with Crippen LogP contribution in [-0.4, -0.2) is 11.2 Å². The first-order valence-corrected chi connectivity index (χ1v) is 6.67. The van der Waals surface area contributed by atoms with E-state index in [9.17, 15) is 4.79 Å². The van der Waals surface area contributed by atoms with E-state index in [1.165, 1.54) is 0 Å². The molecule has 0 saturated heterocycles. The van der Waals surface area contributed by atoms with Crippen molar-refractivity contribution in [3.8, 4) is 17.0 Å². The molecule has 0 radical (unpaired) electrons. The van der Waals surface area contributed by atoms with Crippen LogP contribution in [0.5, 0.6) is 5.75 Å². The molecule has 2 rings (SSSR count). The molecule has 0 aliphatic rings. The van der Waals surface area contributed by atoms with Crippen molar-refractivity contribution in [2.24, 2.45) is 0 Å². The van der Waals surface area contributed by atoms with Crippen LogP contribution in [0, 0.1) is 0 Å². The lowest BCUT2D eigenvalue weighted by Gasteiger charge is -2.13. The summed E-state index contributed by atoms with van der Waals surface area (Å²) in [7, 11) is 0. The Balaban J connectivity index is 2.53. The van der Waals surface area contributed by atoms with Crippen LogP contribution in [0.1, 0.15) is 13.8 Å². The number of hydrogen-bond acceptors (Lipinski definition) is 2. The van der Waals surface area contributed by atoms with Crippen molar-refractivity contribution in [2.75, 3.05) is 6.61 Å². The zero-order chi connectivity index (χ0) is 13.8. The first-order chi connectivity index (χ1) is 9.17. The summed E-state index contributed by atoms with van der Waals surface area (Å²) in [4.78, 5) is 11.8. The van der Waals surface area contributed by atoms with Gasteiger partial charge in [-0.15, -0.1) is 0 Å². The Morgan fingerprint density at radius 1 is 1.21 bits per heavy atom. The molecule has 2 aromatic rings. The third-order valence-corrected chi connectivity index (χ3v) is 3.21. The van der Waals surface area contributed by atoms with Crippen LogP contribution in [-0.2, 0) is 6.54 Å². The number of pyridine rings is 1. The van der Waals surface area contributed by atoms with Gasteiger partial charge in [-0.2, -0.15) is 0 Å². The van der Waals surface area contributed by atoms with Crippen LogP contribution < -0.4 is 10.3 Å². The Hall–Kier alpha value is -1.74. The molecular weight excluding hydrogens is 262 g/mol. The maximum Gasteiger partial charge on any atom is 0.250 e. The summed E-state index contributed by atoms with van der Waals surface area (Å²) in [5.41, 5.74) is 1.64. The Morgan fingerprint density at radius 3 is 2.63 bits per heavy atom. The number of rotatable bonds is 4. The molecule has 0 aliphatic heterocycles. The minimum absolute atomic E-state index is 0.0232. The topological polar surface area (TPSA) is 31.2 Å². The fourth-order valence-electron chi connectivity index (χ4n) is 2.04. The average molecular weight is 278 g/mol. The quantitative estimate of drug-likeness (QED) is 0.855. The predicted molar refractivity (Wildman–Crippen MR) is 78.0 cm³/mol. The zero-order valence-electron chi connectivity index (χ0n) is 11.0. The van der Waals surface area contributed by atoms with Gasteiger partial charge >= 0.3 is 0 Å². The van der Waals surface area contributed by atoms with Crippen molar-refractivity contribution < 1.29 is 4.74 Å². The van der Waals surface area contributed by atoms with E-state index in [4.69, 9.17) is 16.3 Å². The molecule has 0 bridgehead atoms. The summed E-state index contributed by atoms with van der Waals surface area (Å²) >= 11 is 6.29. The van der Waals surface area contributed by atoms with Gasteiger partial charge in [0.2, 0.25) is 0 Å². The van der Waals surface area contributed by atoms with Gasteiger partial charge in [0.15, 0.2) is 0 Å². The monoisotopic (exact) mass is 277 g/mol. The molecule has 0 aliphatic carbocycles. The molecule has 19 heavy (non-hydrogen) atoms. The smallest absolute Gasteiger partial charge is 0.250 e. The molecule has 3 nitrogen and oxygen atoms in total. The molecule has 4 heteroatoms. The molecule has 0 saturated carbocycles. The summed E-state index contributed by atoms with van der Waals surface area (Å²) in [5, 5.41) is 0.582. The molecule has 1 heterocycles. The van der Waals surface area contributed by atoms with Gasteiger partial charge in [0.25, 0.3) is 5.56 Å². The minimum Gasteiger partial charge on any atom is -0.494 e. The SMILES string of the molecule is CCOc1ccc(-c2cccc(=O)n2CC)c(Cl)c1. The van der Waals surface area contributed by atoms with Crippen LogP contribution in [0.15, 0.2) is 41.2 Å². The third-order valence-electron chi connectivity index (χ3n) is 2.89. The molecule has 0 spiro atoms. The van der Waals surface area contributed by atoms with E-state index in [1.807, 2.05) is 32.0 Å². The minimum atomic E-state index is -0.0232. The van der Waals surface area contributed by atoms with Crippen LogP contribution in [0.4, 0.5) is 0 Å². The third kappa shape index (κ3) is 2.82. The van der Waals surface area contributed by atoms with E-state index in [-0.39, 0.29) is 5.56 Å². The second-order valence-corrected chi connectivity index (χ2v) is 4.48. The van der Waals surface area contributed by atoms with Gasteiger partial charge in [-0.1, -0.05) is 17.7 Å². The standard InChI is InChI=1S/C15H16ClNO2/c1-3-17-14(6-5-7-15(17)18)12-9-8-11(19-4-2)10-13(12)16/h5-10H,3-4H2,1-2H3. The molecule has 0 atom stereocenters. The fourth-order valence-corrected chi connectivity index (χ4v) is 2.31. The normalized spacial score (nSPS) is 10.5. The Kier molecular flexibility index (Phi) is 4.27. The summed E-state index contributed by atoms with van der Waals surface area (Å²) in [5.74, 6) is 0.734. The summed E-state index contributed by atoms with van der Waals surface area (Å²) in [6.45, 7) is 5.07. The highest BCUT2D eigenvalue weighted by atomic mass is 35.5. The average Bonchev–Trinajstić information content (AvgIpc) is 2.39. The molecule has 1 aromatic heterocycles. The van der Waals surface area contributed by atoms with E-state index in [2.05, 4.69) is 0 Å². The van der Waals surface area contributed by atoms with Gasteiger partial charge in [0.05, 0.1) is 17.3 Å². The number of benzene rings is 1. The number of halogens is 1. The van der Waals surface area contributed by atoms with Crippen molar-refractivity contribution in [1.29, 1.82) is 0 Å². The van der Waals surface area contributed by atoms with Gasteiger partial charge in [-0.3, -0.25) is 4.79 Å². The maximum atomic E-state index is 11.8. The van der Waals surface area contributed by atoms with Crippen LogP contribution in [0.3, 0.4) is 0 Å². The molecular formula is C15H16ClNO2. The molecule has 0 N–H and O–H groups in total. The van der Waals surface area contributed by atoms with Crippen LogP contribution in [0.2, 0.25) is 5.02 Å². The zero-order valence-corrected chi connectivity index (χ0v) is 11.8. The number of ether oxygens (including phenoxy) is 1. The van der Waals surface area contributed by atoms with Crippen molar-refractivity contribution in [3.63, 3.8) is 0 Å². The Labute approximate surface area is 117 Å². The molecule has 0 fully saturated rings. The Bertz CT molecular complexity index is 634. The number of nitrogens with zero attached hydrogens (tertiary/aromatic N) is 1. The molecule has 0 amide bonds. The van der Waals surface area contributed by atoms with Gasteiger partial charge in [-0.25, -0.2) is 0 Å². The summed E-state index contributed by atoms with van der Waals surface area (Å²) in [6, 6.07) is 10.7. The summed E-state index contributed by atoms with van der Waals surface area (Å²) in [6.07, 6.45) is 0. The first kappa shape index (κ1) is 13.7. The van der Waals surface area contributed by atoms with Crippen molar-refractivity contribution in [2.45, 2.75) is 20.4 Å². The largest absolute Gasteiger partial charge is 0.494 e. The number of hydrogen-bond donors (Lipinski definition) is 0. The summed E-state index contributed by atoms with van der Waals surface area (Å²) < 4.78 is 7.10. The molecule has 100 valence electrons. The highest BCUT2D eigenvalue weighted by molar-refractivity contribution is 6.33. The van der Waals surface area contributed by atoms with Crippen molar-refractivity contribution >= 4 is 11.6 Å². The second kappa shape index (κ2) is 5.93. The van der Waals surface area contributed by atoms with Gasteiger partial charge < -0.3 is 9.30 Å². The van der Waals surface area contributed by atoms with Gasteiger partial charge in [0, 0.05) is 18.2 Å². The van der Waals surface area contributed by atoms with E-state index < -0.39 is 0 Å². The Morgan fingerprint density at radius 2 is 2.00 bits per heavy atom. The number of aromatic nitrogens is 1. The van der Waals surface area contributed by atoms with E-state index in [1.54, 1.807) is 22.8 Å². The highest BCUT2D eigenvalue weighted by Gasteiger charge is 2.09. The van der Waals surface area contributed by atoms with Crippen molar-refractivity contribution in [1.82, 2.24) is 4.57 Å². The molecule has 1 aromatic carbocycles. The van der Waals surface area contributed by atoms with E-state index >= 15 is 0 Å². The lowest BCUT2D eigenvalue weighted by atomic mass is 10.1. The lowest BCUT2D eigenvalue weighted by molar-refractivity contribution is 0.340. The van der Waals surface area contributed by atoms with Crippen LogP contribution >= 0.6 is 11.6 Å².